The first-order chi connectivity index (χ1) is 11.2. The van der Waals surface area contributed by atoms with Crippen LogP contribution in [0.15, 0.2) is 53.8 Å². The fourth-order valence-corrected chi connectivity index (χ4v) is 3.52. The Hall–Kier alpha value is -2.31. The summed E-state index contributed by atoms with van der Waals surface area (Å²) in [5.74, 6) is 0.270. The second-order valence-corrected chi connectivity index (χ2v) is 6.11. The third kappa shape index (κ3) is 3.38. The van der Waals surface area contributed by atoms with Gasteiger partial charge in [0.1, 0.15) is 6.54 Å². The second-order valence-electron chi connectivity index (χ2n) is 5.17. The van der Waals surface area contributed by atoms with Crippen LogP contribution >= 0.6 is 11.8 Å². The summed E-state index contributed by atoms with van der Waals surface area (Å²) in [6.07, 6.45) is 1.58. The number of amides is 1. The average Bonchev–Trinajstić information content (AvgIpc) is 2.94. The number of hydrogen-bond acceptors (Lipinski definition) is 4. The fraction of sp³-hybridized carbons (Fsp3) is 0.176. The number of carbonyl (C=O) groups excluding carboxylic acids is 1. The average molecular weight is 327 g/mol. The van der Waals surface area contributed by atoms with Gasteiger partial charge in [-0.3, -0.25) is 4.79 Å². The highest BCUT2D eigenvalue weighted by Crippen LogP contribution is 2.27. The summed E-state index contributed by atoms with van der Waals surface area (Å²) in [6.45, 7) is -0.150. The molecule has 0 radical (unpaired) electrons. The smallest absolute Gasteiger partial charge is 0.237 e. The van der Waals surface area contributed by atoms with Crippen molar-refractivity contribution in [3.63, 3.8) is 0 Å². The van der Waals surface area contributed by atoms with Gasteiger partial charge in [0, 0.05) is 5.75 Å². The Balaban J connectivity index is 1.85. The Labute approximate surface area is 138 Å². The molecule has 0 atom stereocenters. The van der Waals surface area contributed by atoms with Gasteiger partial charge < -0.3 is 15.4 Å². The molecule has 1 heterocycles. The van der Waals surface area contributed by atoms with Gasteiger partial charge in [0.2, 0.25) is 5.91 Å². The first-order valence-corrected chi connectivity index (χ1v) is 8.20. The molecule has 5 nitrogen and oxygen atoms in total. The van der Waals surface area contributed by atoms with E-state index in [2.05, 4.69) is 29.2 Å². The molecule has 0 aliphatic rings. The quantitative estimate of drug-likeness (QED) is 0.681. The summed E-state index contributed by atoms with van der Waals surface area (Å²) < 4.78 is 1.66. The third-order valence-corrected chi connectivity index (χ3v) is 4.65. The van der Waals surface area contributed by atoms with Crippen LogP contribution in [0.5, 0.6) is 0 Å². The van der Waals surface area contributed by atoms with Gasteiger partial charge in [-0.25, -0.2) is 4.98 Å². The van der Waals surface area contributed by atoms with Crippen LogP contribution in [0.1, 0.15) is 11.3 Å². The number of thioether (sulfide) groups is 1. The maximum absolute atomic E-state index is 11.2. The Morgan fingerprint density at radius 2 is 2.00 bits per heavy atom. The van der Waals surface area contributed by atoms with Gasteiger partial charge in [0.05, 0.1) is 18.5 Å². The van der Waals surface area contributed by atoms with E-state index in [1.54, 1.807) is 10.8 Å². The molecule has 1 amide bonds. The number of nitrogens with zero attached hydrogens (tertiary/aromatic N) is 2. The van der Waals surface area contributed by atoms with E-state index in [-0.39, 0.29) is 13.2 Å². The van der Waals surface area contributed by atoms with E-state index in [0.29, 0.717) is 10.9 Å². The molecule has 0 unspecified atom stereocenters. The second kappa shape index (κ2) is 6.85. The van der Waals surface area contributed by atoms with E-state index < -0.39 is 5.91 Å². The Bertz CT molecular complexity index is 839. The summed E-state index contributed by atoms with van der Waals surface area (Å²) in [4.78, 5) is 15.5. The first-order valence-electron chi connectivity index (χ1n) is 7.22. The van der Waals surface area contributed by atoms with Crippen molar-refractivity contribution in [2.75, 3.05) is 0 Å². The molecule has 3 N–H and O–H groups in total. The van der Waals surface area contributed by atoms with Gasteiger partial charge in [-0.2, -0.15) is 0 Å². The molecule has 0 aliphatic heterocycles. The molecule has 0 aliphatic carbocycles. The van der Waals surface area contributed by atoms with Crippen LogP contribution in [0.25, 0.3) is 10.8 Å². The van der Waals surface area contributed by atoms with E-state index in [9.17, 15) is 9.90 Å². The standard InChI is InChI=1S/C17H17N3O2S/c18-16(22)9-20-14(10-21)8-19-17(20)23-11-13-6-3-5-12-4-1-2-7-15(12)13/h1-8,21H,9-11H2,(H2,18,22). The number of aliphatic hydroxyl groups is 1. The molecular formula is C17H17N3O2S. The maximum atomic E-state index is 11.2. The molecule has 2 aromatic carbocycles. The van der Waals surface area contributed by atoms with E-state index in [1.807, 2.05) is 18.2 Å². The molecule has 3 rings (SSSR count). The van der Waals surface area contributed by atoms with Crippen LogP contribution in [0.3, 0.4) is 0 Å². The zero-order valence-corrected chi connectivity index (χ0v) is 13.3. The number of aliphatic hydroxyl groups excluding tert-OH is 1. The molecule has 23 heavy (non-hydrogen) atoms. The lowest BCUT2D eigenvalue weighted by Crippen LogP contribution is -2.20. The van der Waals surface area contributed by atoms with E-state index in [1.165, 1.54) is 28.1 Å². The Morgan fingerprint density at radius 1 is 1.22 bits per heavy atom. The Kier molecular flexibility index (Phi) is 4.64. The van der Waals surface area contributed by atoms with Crippen LogP contribution in [0.4, 0.5) is 0 Å². The first kappa shape index (κ1) is 15.6. The lowest BCUT2D eigenvalue weighted by molar-refractivity contribution is -0.118. The number of nitrogens with two attached hydrogens (primary N) is 1. The minimum Gasteiger partial charge on any atom is -0.390 e. The molecule has 1 aromatic heterocycles. The number of benzene rings is 2. The van der Waals surface area contributed by atoms with Crippen molar-refractivity contribution in [2.24, 2.45) is 5.73 Å². The van der Waals surface area contributed by atoms with Crippen molar-refractivity contribution < 1.29 is 9.90 Å². The summed E-state index contributed by atoms with van der Waals surface area (Å²) in [5.41, 5.74) is 7.07. The van der Waals surface area contributed by atoms with Crippen molar-refractivity contribution in [2.45, 2.75) is 24.1 Å². The topological polar surface area (TPSA) is 81.1 Å². The van der Waals surface area contributed by atoms with Crippen molar-refractivity contribution >= 4 is 28.4 Å². The number of hydrogen-bond donors (Lipinski definition) is 2. The predicted molar refractivity (Wildman–Crippen MR) is 90.9 cm³/mol. The molecule has 0 fully saturated rings. The summed E-state index contributed by atoms with van der Waals surface area (Å²) >= 11 is 1.53. The van der Waals surface area contributed by atoms with E-state index in [4.69, 9.17) is 5.73 Å². The monoisotopic (exact) mass is 327 g/mol. The molecule has 3 aromatic rings. The molecule has 0 saturated carbocycles. The highest BCUT2D eigenvalue weighted by Gasteiger charge is 2.12. The highest BCUT2D eigenvalue weighted by molar-refractivity contribution is 7.98. The number of fused-ring (bicyclic) bond motifs is 1. The van der Waals surface area contributed by atoms with Crippen LogP contribution in [0.2, 0.25) is 0 Å². The van der Waals surface area contributed by atoms with Crippen molar-refractivity contribution in [1.82, 2.24) is 9.55 Å². The lowest BCUT2D eigenvalue weighted by atomic mass is 10.1. The zero-order valence-electron chi connectivity index (χ0n) is 12.5. The van der Waals surface area contributed by atoms with Crippen LogP contribution in [-0.4, -0.2) is 20.6 Å². The summed E-state index contributed by atoms with van der Waals surface area (Å²) in [6, 6.07) is 14.4. The van der Waals surface area contributed by atoms with Gasteiger partial charge in [0.15, 0.2) is 5.16 Å². The molecule has 6 heteroatoms. The van der Waals surface area contributed by atoms with Gasteiger partial charge >= 0.3 is 0 Å². The summed E-state index contributed by atoms with van der Waals surface area (Å²) in [7, 11) is 0. The molecule has 118 valence electrons. The third-order valence-electron chi connectivity index (χ3n) is 3.61. The minimum absolute atomic E-state index is 0.0216. The van der Waals surface area contributed by atoms with Gasteiger partial charge in [-0.1, -0.05) is 54.2 Å². The number of primary amides is 1. The number of rotatable bonds is 6. The van der Waals surface area contributed by atoms with Crippen LogP contribution in [0, 0.1) is 0 Å². The van der Waals surface area contributed by atoms with Crippen molar-refractivity contribution in [3.8, 4) is 0 Å². The van der Waals surface area contributed by atoms with E-state index >= 15 is 0 Å². The lowest BCUT2D eigenvalue weighted by Gasteiger charge is -2.09. The molecule has 0 spiro atoms. The molecule has 0 saturated heterocycles. The maximum Gasteiger partial charge on any atom is 0.237 e. The largest absolute Gasteiger partial charge is 0.390 e. The number of aromatic nitrogens is 2. The SMILES string of the molecule is NC(=O)Cn1c(CO)cnc1SCc1cccc2ccccc12. The predicted octanol–water partition coefficient (Wildman–Crippen LogP) is 2.31. The minimum atomic E-state index is -0.454. The fourth-order valence-electron chi connectivity index (χ4n) is 2.52. The van der Waals surface area contributed by atoms with Gasteiger partial charge in [-0.05, 0) is 16.3 Å². The Morgan fingerprint density at radius 3 is 2.78 bits per heavy atom. The molecule has 0 bridgehead atoms. The number of imidazole rings is 1. The van der Waals surface area contributed by atoms with Gasteiger partial charge in [-0.15, -0.1) is 0 Å². The van der Waals surface area contributed by atoms with E-state index in [0.717, 1.165) is 5.75 Å². The zero-order chi connectivity index (χ0) is 16.2. The van der Waals surface area contributed by atoms with Crippen LogP contribution in [-0.2, 0) is 23.7 Å². The van der Waals surface area contributed by atoms with Crippen molar-refractivity contribution in [1.29, 1.82) is 0 Å². The van der Waals surface area contributed by atoms with Crippen LogP contribution < -0.4 is 5.73 Å². The molecular weight excluding hydrogens is 310 g/mol. The highest BCUT2D eigenvalue weighted by atomic mass is 32.2. The summed E-state index contributed by atoms with van der Waals surface area (Å²) in [5, 5.41) is 12.4. The van der Waals surface area contributed by atoms with Gasteiger partial charge in [0.25, 0.3) is 0 Å². The number of carbonyl (C=O) groups is 1. The van der Waals surface area contributed by atoms with Crippen molar-refractivity contribution in [3.05, 3.63) is 59.9 Å². The normalized spacial score (nSPS) is 11.0.